The molecule has 0 atom stereocenters. The van der Waals surface area contributed by atoms with E-state index < -0.39 is 0 Å². The van der Waals surface area contributed by atoms with E-state index in [1.165, 1.54) is 0 Å². The van der Waals surface area contributed by atoms with Crippen LogP contribution < -0.4 is 5.32 Å². The Kier molecular flexibility index (Phi) is 2.44. The summed E-state index contributed by atoms with van der Waals surface area (Å²) >= 11 is 0. The molecule has 0 spiro atoms. The highest BCUT2D eigenvalue weighted by atomic mass is 16.4. The minimum absolute atomic E-state index is 0.464. The second-order valence-corrected chi connectivity index (χ2v) is 2.81. The van der Waals surface area contributed by atoms with Gasteiger partial charge in [-0.25, -0.2) is 0 Å². The minimum atomic E-state index is 0.464. The zero-order valence-corrected chi connectivity index (χ0v) is 7.90. The van der Waals surface area contributed by atoms with Gasteiger partial charge in [0.1, 0.15) is 0 Å². The van der Waals surface area contributed by atoms with Gasteiger partial charge in [-0.3, -0.25) is 0 Å². The van der Waals surface area contributed by atoms with E-state index in [0.29, 0.717) is 11.9 Å². The van der Waals surface area contributed by atoms with E-state index in [9.17, 15) is 0 Å². The molecule has 14 heavy (non-hydrogen) atoms. The van der Waals surface area contributed by atoms with Gasteiger partial charge in [0.05, 0.1) is 0 Å². The lowest BCUT2D eigenvalue weighted by Crippen LogP contribution is -1.95. The van der Waals surface area contributed by atoms with Gasteiger partial charge in [0.15, 0.2) is 0 Å². The average molecular weight is 189 g/mol. The summed E-state index contributed by atoms with van der Waals surface area (Å²) in [5, 5.41) is 10.7. The van der Waals surface area contributed by atoms with Gasteiger partial charge in [0.25, 0.3) is 0 Å². The van der Waals surface area contributed by atoms with Crippen molar-refractivity contribution >= 4 is 6.01 Å². The Balaban J connectivity index is 2.25. The third kappa shape index (κ3) is 1.74. The lowest BCUT2D eigenvalue weighted by atomic mass is 10.2. The molecule has 1 aromatic carbocycles. The number of nitrogens with one attached hydrogen (secondary N) is 1. The Morgan fingerprint density at radius 3 is 2.71 bits per heavy atom. The first-order chi connectivity index (χ1) is 6.90. The molecule has 0 radical (unpaired) electrons. The molecule has 0 saturated heterocycles. The number of anilines is 1. The molecule has 0 aliphatic rings. The Bertz CT molecular complexity index is 397. The largest absolute Gasteiger partial charge is 0.403 e. The van der Waals surface area contributed by atoms with Gasteiger partial charge in [-0.15, -0.1) is 5.10 Å². The number of hydrogen-bond donors (Lipinski definition) is 1. The highest BCUT2D eigenvalue weighted by molar-refractivity contribution is 5.52. The number of aromatic nitrogens is 2. The van der Waals surface area contributed by atoms with Gasteiger partial charge >= 0.3 is 6.01 Å². The van der Waals surface area contributed by atoms with E-state index >= 15 is 0 Å². The first-order valence-electron chi connectivity index (χ1n) is 4.53. The summed E-state index contributed by atoms with van der Waals surface area (Å²) in [5.41, 5.74) is 0.934. The van der Waals surface area contributed by atoms with E-state index in [2.05, 4.69) is 15.5 Å². The monoisotopic (exact) mass is 189 g/mol. The van der Waals surface area contributed by atoms with E-state index in [1.54, 1.807) is 0 Å². The predicted molar refractivity (Wildman–Crippen MR) is 53.9 cm³/mol. The maximum atomic E-state index is 5.38. The van der Waals surface area contributed by atoms with Crippen molar-refractivity contribution in [1.82, 2.24) is 10.2 Å². The van der Waals surface area contributed by atoms with Crippen LogP contribution in [0.3, 0.4) is 0 Å². The van der Waals surface area contributed by atoms with Gasteiger partial charge in [0.2, 0.25) is 5.89 Å². The molecule has 0 fully saturated rings. The van der Waals surface area contributed by atoms with Crippen LogP contribution in [0.15, 0.2) is 34.7 Å². The van der Waals surface area contributed by atoms with Crippen molar-refractivity contribution in [1.29, 1.82) is 0 Å². The van der Waals surface area contributed by atoms with Crippen molar-refractivity contribution in [2.75, 3.05) is 11.9 Å². The molecular weight excluding hydrogens is 178 g/mol. The van der Waals surface area contributed by atoms with Crippen LogP contribution in [-0.4, -0.2) is 16.7 Å². The lowest BCUT2D eigenvalue weighted by Gasteiger charge is -1.93. The fraction of sp³-hybridized carbons (Fsp3) is 0.200. The summed E-state index contributed by atoms with van der Waals surface area (Å²) in [6.45, 7) is 2.75. The lowest BCUT2D eigenvalue weighted by molar-refractivity contribution is 0.582. The molecule has 0 unspecified atom stereocenters. The molecule has 0 saturated carbocycles. The average Bonchev–Trinajstić information content (AvgIpc) is 2.68. The van der Waals surface area contributed by atoms with Crippen molar-refractivity contribution < 1.29 is 4.42 Å². The maximum absolute atomic E-state index is 5.38. The summed E-state index contributed by atoms with van der Waals surface area (Å²) in [4.78, 5) is 0. The molecule has 2 aromatic rings. The molecule has 1 N–H and O–H groups in total. The van der Waals surface area contributed by atoms with Gasteiger partial charge in [-0.2, -0.15) is 0 Å². The Morgan fingerprint density at radius 2 is 2.00 bits per heavy atom. The first kappa shape index (κ1) is 8.74. The molecule has 4 heteroatoms. The standard InChI is InChI=1S/C10H11N3O/c1-2-11-10-13-12-9(14-10)8-6-4-3-5-7-8/h3-7H,2H2,1H3,(H,11,13). The number of benzene rings is 1. The third-order valence-corrected chi connectivity index (χ3v) is 1.77. The van der Waals surface area contributed by atoms with Crippen molar-refractivity contribution in [3.8, 4) is 11.5 Å². The Hall–Kier alpha value is -1.84. The minimum Gasteiger partial charge on any atom is -0.403 e. The quantitative estimate of drug-likeness (QED) is 0.803. The molecule has 72 valence electrons. The molecule has 0 amide bonds. The van der Waals surface area contributed by atoms with E-state index in [1.807, 2.05) is 37.3 Å². The van der Waals surface area contributed by atoms with Gasteiger partial charge in [-0.05, 0) is 19.1 Å². The summed E-state index contributed by atoms with van der Waals surface area (Å²) < 4.78 is 5.38. The molecule has 2 rings (SSSR count). The van der Waals surface area contributed by atoms with Gasteiger partial charge < -0.3 is 9.73 Å². The molecular formula is C10H11N3O. The topological polar surface area (TPSA) is 51.0 Å². The van der Waals surface area contributed by atoms with Crippen LogP contribution in [0.25, 0.3) is 11.5 Å². The molecule has 0 aliphatic heterocycles. The summed E-state index contributed by atoms with van der Waals surface area (Å²) in [7, 11) is 0. The van der Waals surface area contributed by atoms with E-state index in [4.69, 9.17) is 4.42 Å². The number of rotatable bonds is 3. The fourth-order valence-corrected chi connectivity index (χ4v) is 1.14. The van der Waals surface area contributed by atoms with E-state index in [-0.39, 0.29) is 0 Å². The van der Waals surface area contributed by atoms with Crippen LogP contribution in [0.4, 0.5) is 6.01 Å². The van der Waals surface area contributed by atoms with E-state index in [0.717, 1.165) is 12.1 Å². The van der Waals surface area contributed by atoms with Crippen molar-refractivity contribution in [3.05, 3.63) is 30.3 Å². The van der Waals surface area contributed by atoms with Crippen molar-refractivity contribution in [2.24, 2.45) is 0 Å². The summed E-state index contributed by atoms with van der Waals surface area (Å²) in [6.07, 6.45) is 0. The molecule has 1 heterocycles. The molecule has 1 aromatic heterocycles. The highest BCUT2D eigenvalue weighted by Crippen LogP contribution is 2.18. The van der Waals surface area contributed by atoms with Crippen LogP contribution in [0, 0.1) is 0 Å². The van der Waals surface area contributed by atoms with Crippen LogP contribution in [-0.2, 0) is 0 Å². The van der Waals surface area contributed by atoms with Gasteiger partial charge in [-0.1, -0.05) is 23.3 Å². The highest BCUT2D eigenvalue weighted by Gasteiger charge is 2.05. The predicted octanol–water partition coefficient (Wildman–Crippen LogP) is 2.17. The molecule has 0 aliphatic carbocycles. The third-order valence-electron chi connectivity index (χ3n) is 1.77. The fourth-order valence-electron chi connectivity index (χ4n) is 1.14. The maximum Gasteiger partial charge on any atom is 0.315 e. The Labute approximate surface area is 82.0 Å². The Morgan fingerprint density at radius 1 is 1.21 bits per heavy atom. The van der Waals surface area contributed by atoms with Crippen LogP contribution >= 0.6 is 0 Å². The van der Waals surface area contributed by atoms with Crippen LogP contribution in [0.5, 0.6) is 0 Å². The second-order valence-electron chi connectivity index (χ2n) is 2.81. The number of hydrogen-bond acceptors (Lipinski definition) is 4. The van der Waals surface area contributed by atoms with Crippen LogP contribution in [0.2, 0.25) is 0 Å². The zero-order valence-electron chi connectivity index (χ0n) is 7.90. The summed E-state index contributed by atoms with van der Waals surface area (Å²) in [5.74, 6) is 0.543. The second kappa shape index (κ2) is 3.91. The van der Waals surface area contributed by atoms with Gasteiger partial charge in [0, 0.05) is 12.1 Å². The zero-order chi connectivity index (χ0) is 9.80. The number of nitrogens with zero attached hydrogens (tertiary/aromatic N) is 2. The summed E-state index contributed by atoms with van der Waals surface area (Å²) in [6, 6.07) is 10.2. The smallest absolute Gasteiger partial charge is 0.315 e. The van der Waals surface area contributed by atoms with Crippen LogP contribution in [0.1, 0.15) is 6.92 Å². The molecule has 0 bridgehead atoms. The van der Waals surface area contributed by atoms with Crippen molar-refractivity contribution in [3.63, 3.8) is 0 Å². The van der Waals surface area contributed by atoms with Crippen molar-refractivity contribution in [2.45, 2.75) is 6.92 Å². The SMILES string of the molecule is CCNc1nnc(-c2ccccc2)o1. The first-order valence-corrected chi connectivity index (χ1v) is 4.53. The molecule has 4 nitrogen and oxygen atoms in total. The normalized spacial score (nSPS) is 10.1.